The molecule has 0 amide bonds. The standard InChI is InChI=1S/C22H26F2N2O3S/c1-29-19-4-2-3-16(11-19)14-26-15-18-7-9-25(10-8-22(18)30(26,27)28)13-17-5-6-20(23)21(24)12-17/h2-6,11-12,18,22H,7-10,13-15H2,1H3/t18-,22-/m1/s1. The van der Waals surface area contributed by atoms with Gasteiger partial charge in [0.2, 0.25) is 10.0 Å². The second-order valence-corrected chi connectivity index (χ2v) is 10.2. The van der Waals surface area contributed by atoms with Crippen molar-refractivity contribution < 1.29 is 21.9 Å². The summed E-state index contributed by atoms with van der Waals surface area (Å²) in [5.74, 6) is -0.914. The van der Waals surface area contributed by atoms with Crippen LogP contribution in [0.4, 0.5) is 8.78 Å². The van der Waals surface area contributed by atoms with Crippen LogP contribution in [0.3, 0.4) is 0 Å². The maximum absolute atomic E-state index is 13.5. The summed E-state index contributed by atoms with van der Waals surface area (Å²) in [5, 5.41) is -0.391. The summed E-state index contributed by atoms with van der Waals surface area (Å²) in [6.07, 6.45) is 1.31. The third kappa shape index (κ3) is 4.36. The third-order valence-electron chi connectivity index (χ3n) is 6.14. The molecular formula is C22H26F2N2O3S. The van der Waals surface area contributed by atoms with Crippen molar-refractivity contribution in [2.45, 2.75) is 31.2 Å². The van der Waals surface area contributed by atoms with Crippen molar-refractivity contribution >= 4 is 10.0 Å². The molecule has 0 bridgehead atoms. The van der Waals surface area contributed by atoms with E-state index in [0.717, 1.165) is 24.6 Å². The fraction of sp³-hybridized carbons (Fsp3) is 0.455. The summed E-state index contributed by atoms with van der Waals surface area (Å²) in [7, 11) is -1.79. The molecule has 0 aromatic heterocycles. The molecule has 8 heteroatoms. The summed E-state index contributed by atoms with van der Waals surface area (Å²) in [6.45, 7) is 2.72. The molecule has 4 rings (SSSR count). The van der Waals surface area contributed by atoms with Crippen LogP contribution in [-0.4, -0.2) is 49.6 Å². The first-order valence-corrected chi connectivity index (χ1v) is 11.7. The van der Waals surface area contributed by atoms with Gasteiger partial charge in [-0.05, 0) is 67.2 Å². The number of benzene rings is 2. The molecule has 0 saturated carbocycles. The molecule has 2 fully saturated rings. The van der Waals surface area contributed by atoms with E-state index in [-0.39, 0.29) is 5.92 Å². The Hall–Kier alpha value is -2.03. The molecule has 0 radical (unpaired) electrons. The zero-order valence-corrected chi connectivity index (χ0v) is 17.7. The topological polar surface area (TPSA) is 49.9 Å². The van der Waals surface area contributed by atoms with Crippen molar-refractivity contribution in [1.82, 2.24) is 9.21 Å². The van der Waals surface area contributed by atoms with Crippen LogP contribution in [0.2, 0.25) is 0 Å². The predicted octanol–water partition coefficient (Wildman–Crippen LogP) is 3.40. The number of sulfonamides is 1. The number of halogens is 2. The van der Waals surface area contributed by atoms with Gasteiger partial charge in [0.1, 0.15) is 5.75 Å². The van der Waals surface area contributed by atoms with Crippen LogP contribution in [0.25, 0.3) is 0 Å². The van der Waals surface area contributed by atoms with Gasteiger partial charge >= 0.3 is 0 Å². The van der Waals surface area contributed by atoms with Gasteiger partial charge < -0.3 is 4.74 Å². The lowest BCUT2D eigenvalue weighted by molar-refractivity contribution is 0.266. The highest BCUT2D eigenvalue weighted by molar-refractivity contribution is 7.90. The first kappa shape index (κ1) is 21.2. The minimum Gasteiger partial charge on any atom is -0.497 e. The van der Waals surface area contributed by atoms with Crippen molar-refractivity contribution in [3.63, 3.8) is 0 Å². The Kier molecular flexibility index (Phi) is 6.09. The van der Waals surface area contributed by atoms with Crippen LogP contribution < -0.4 is 4.74 Å². The van der Waals surface area contributed by atoms with E-state index < -0.39 is 26.9 Å². The van der Waals surface area contributed by atoms with Gasteiger partial charge in [0.25, 0.3) is 0 Å². The number of methoxy groups -OCH3 is 1. The molecule has 0 aliphatic carbocycles. The maximum atomic E-state index is 13.5. The van der Waals surface area contributed by atoms with Crippen molar-refractivity contribution in [2.24, 2.45) is 5.92 Å². The fourth-order valence-corrected chi connectivity index (χ4v) is 6.76. The summed E-state index contributed by atoms with van der Waals surface area (Å²) >= 11 is 0. The maximum Gasteiger partial charge on any atom is 0.217 e. The highest BCUT2D eigenvalue weighted by Crippen LogP contribution is 2.35. The van der Waals surface area contributed by atoms with E-state index in [1.165, 1.54) is 6.07 Å². The van der Waals surface area contributed by atoms with E-state index >= 15 is 0 Å². The monoisotopic (exact) mass is 436 g/mol. The molecule has 2 aromatic rings. The lowest BCUT2D eigenvalue weighted by atomic mass is 10.0. The van der Waals surface area contributed by atoms with E-state index in [0.29, 0.717) is 43.9 Å². The van der Waals surface area contributed by atoms with Gasteiger partial charge in [0.05, 0.1) is 12.4 Å². The molecular weight excluding hydrogens is 410 g/mol. The molecule has 2 aromatic carbocycles. The van der Waals surface area contributed by atoms with Crippen molar-refractivity contribution in [3.05, 3.63) is 65.2 Å². The largest absolute Gasteiger partial charge is 0.497 e. The number of hydrogen-bond donors (Lipinski definition) is 0. The smallest absolute Gasteiger partial charge is 0.217 e. The average molecular weight is 437 g/mol. The van der Waals surface area contributed by atoms with Crippen molar-refractivity contribution in [1.29, 1.82) is 0 Å². The zero-order chi connectivity index (χ0) is 21.3. The van der Waals surface area contributed by atoms with Crippen LogP contribution in [0.1, 0.15) is 24.0 Å². The van der Waals surface area contributed by atoms with Gasteiger partial charge in [-0.1, -0.05) is 18.2 Å². The zero-order valence-electron chi connectivity index (χ0n) is 16.9. The Morgan fingerprint density at radius 3 is 2.53 bits per heavy atom. The van der Waals surface area contributed by atoms with E-state index in [2.05, 4.69) is 4.90 Å². The summed E-state index contributed by atoms with van der Waals surface area (Å²) in [5.41, 5.74) is 1.61. The van der Waals surface area contributed by atoms with Gasteiger partial charge in [-0.2, -0.15) is 4.31 Å². The molecule has 162 valence electrons. The van der Waals surface area contributed by atoms with Crippen LogP contribution in [0.5, 0.6) is 5.75 Å². The Balaban J connectivity index is 1.42. The molecule has 5 nitrogen and oxygen atoms in total. The minimum absolute atomic E-state index is 0.0792. The third-order valence-corrected chi connectivity index (χ3v) is 8.52. The van der Waals surface area contributed by atoms with Gasteiger partial charge in [0.15, 0.2) is 11.6 Å². The molecule has 0 spiro atoms. The SMILES string of the molecule is COc1cccc(CN2C[C@H]3CCN(Cc4ccc(F)c(F)c4)CC[C@H]3S2(=O)=O)c1. The quantitative estimate of drug-likeness (QED) is 0.721. The highest BCUT2D eigenvalue weighted by Gasteiger charge is 2.46. The summed E-state index contributed by atoms with van der Waals surface area (Å²) in [6, 6.07) is 11.4. The van der Waals surface area contributed by atoms with E-state index in [4.69, 9.17) is 4.74 Å². The predicted molar refractivity (Wildman–Crippen MR) is 110 cm³/mol. The van der Waals surface area contributed by atoms with Gasteiger partial charge in [0, 0.05) is 19.6 Å². The second kappa shape index (κ2) is 8.61. The average Bonchev–Trinajstić information content (AvgIpc) is 2.85. The molecule has 0 unspecified atom stereocenters. The number of hydrogen-bond acceptors (Lipinski definition) is 4. The number of rotatable bonds is 5. The number of fused-ring (bicyclic) bond motifs is 1. The fourth-order valence-electron chi connectivity index (χ4n) is 4.53. The first-order valence-electron chi connectivity index (χ1n) is 10.1. The molecule has 2 atom stereocenters. The first-order chi connectivity index (χ1) is 14.4. The van der Waals surface area contributed by atoms with Crippen LogP contribution in [0, 0.1) is 17.6 Å². The van der Waals surface area contributed by atoms with Crippen LogP contribution in [-0.2, 0) is 23.1 Å². The van der Waals surface area contributed by atoms with Gasteiger partial charge in [-0.3, -0.25) is 4.90 Å². The van der Waals surface area contributed by atoms with E-state index in [1.807, 2.05) is 24.3 Å². The molecule has 2 heterocycles. The van der Waals surface area contributed by atoms with Gasteiger partial charge in [-0.15, -0.1) is 0 Å². The van der Waals surface area contributed by atoms with Gasteiger partial charge in [-0.25, -0.2) is 17.2 Å². The lowest BCUT2D eigenvalue weighted by Gasteiger charge is -2.22. The Morgan fingerprint density at radius 1 is 1.00 bits per heavy atom. The van der Waals surface area contributed by atoms with Crippen LogP contribution in [0.15, 0.2) is 42.5 Å². The molecule has 0 N–H and O–H groups in total. The Labute approximate surface area is 176 Å². The molecule has 2 aliphatic heterocycles. The lowest BCUT2D eigenvalue weighted by Crippen LogP contribution is -2.31. The molecule has 2 aliphatic rings. The van der Waals surface area contributed by atoms with Crippen molar-refractivity contribution in [2.75, 3.05) is 26.7 Å². The highest BCUT2D eigenvalue weighted by atomic mass is 32.2. The molecule has 2 saturated heterocycles. The minimum atomic E-state index is -3.38. The second-order valence-electron chi connectivity index (χ2n) is 8.09. The molecule has 30 heavy (non-hydrogen) atoms. The van der Waals surface area contributed by atoms with Crippen LogP contribution >= 0.6 is 0 Å². The number of nitrogens with zero attached hydrogens (tertiary/aromatic N) is 2. The van der Waals surface area contributed by atoms with E-state index in [1.54, 1.807) is 17.5 Å². The van der Waals surface area contributed by atoms with Crippen molar-refractivity contribution in [3.8, 4) is 5.75 Å². The summed E-state index contributed by atoms with van der Waals surface area (Å²) in [4.78, 5) is 2.13. The summed E-state index contributed by atoms with van der Waals surface area (Å²) < 4.78 is 59.8. The normalized spacial score (nSPS) is 24.4. The van der Waals surface area contributed by atoms with E-state index in [9.17, 15) is 17.2 Å². The number of likely N-dealkylation sites (tertiary alicyclic amines) is 1. The Bertz CT molecular complexity index is 1020. The number of ether oxygens (including phenoxy) is 1. The Morgan fingerprint density at radius 2 is 1.77 bits per heavy atom.